The standard InChI is InChI=1S/C52H102N2O4/c1-3-5-7-9-11-13-15-17-19-21-23-25-27-29-31-33-39-53(41-45-55,42-46-56)49-51-35-37-52(38-36-51)50-54(43-47-57,44-48-58)40-34-32-30-28-26-24-22-20-18-16-14-12-10-8-6-4-2/h35-38,55-58H,3-34,39-50H2,1-2H3/q+2. The summed E-state index contributed by atoms with van der Waals surface area (Å²) in [6.45, 7) is 11.5. The number of aliphatic hydroxyl groups is 4. The lowest BCUT2D eigenvalue weighted by Gasteiger charge is -2.39. The Hall–Kier alpha value is -1.02. The van der Waals surface area contributed by atoms with Crippen LogP contribution in [0.4, 0.5) is 0 Å². The Morgan fingerprint density at radius 1 is 0.276 bits per heavy atom. The highest BCUT2D eigenvalue weighted by Crippen LogP contribution is 2.22. The van der Waals surface area contributed by atoms with E-state index in [4.69, 9.17) is 0 Å². The van der Waals surface area contributed by atoms with Crippen molar-refractivity contribution in [2.24, 2.45) is 0 Å². The first kappa shape index (κ1) is 55.0. The highest BCUT2D eigenvalue weighted by molar-refractivity contribution is 5.21. The van der Waals surface area contributed by atoms with Crippen LogP contribution in [-0.2, 0) is 13.1 Å². The van der Waals surface area contributed by atoms with Gasteiger partial charge in [0.1, 0.15) is 39.3 Å². The number of rotatable bonds is 46. The molecule has 58 heavy (non-hydrogen) atoms. The molecule has 0 saturated heterocycles. The molecule has 1 rings (SSSR count). The summed E-state index contributed by atoms with van der Waals surface area (Å²) in [6.07, 6.45) is 43.6. The van der Waals surface area contributed by atoms with Crippen molar-refractivity contribution in [1.82, 2.24) is 0 Å². The fourth-order valence-electron chi connectivity index (χ4n) is 9.51. The van der Waals surface area contributed by atoms with Crippen LogP contribution in [0.2, 0.25) is 0 Å². The van der Waals surface area contributed by atoms with Gasteiger partial charge in [0, 0.05) is 11.1 Å². The molecule has 1 aromatic rings. The molecule has 0 aliphatic heterocycles. The highest BCUT2D eigenvalue weighted by atomic mass is 16.3. The SMILES string of the molecule is CCCCCCCCCCCCCCCCCC[N+](CCO)(CCO)Cc1ccc(C[N+](CCO)(CCO)CCCCCCCCCCCCCCCCCC)cc1. The molecule has 0 heterocycles. The van der Waals surface area contributed by atoms with E-state index in [-0.39, 0.29) is 26.4 Å². The van der Waals surface area contributed by atoms with Gasteiger partial charge in [-0.05, 0) is 25.7 Å². The molecule has 0 radical (unpaired) electrons. The molecular weight excluding hydrogens is 717 g/mol. The first-order valence-electron chi connectivity index (χ1n) is 25.7. The largest absolute Gasteiger partial charge is 0.391 e. The van der Waals surface area contributed by atoms with Crippen LogP contribution in [0.5, 0.6) is 0 Å². The van der Waals surface area contributed by atoms with Gasteiger partial charge in [-0.3, -0.25) is 0 Å². The molecule has 0 aliphatic carbocycles. The molecule has 1 aromatic carbocycles. The zero-order chi connectivity index (χ0) is 42.1. The summed E-state index contributed by atoms with van der Waals surface area (Å²) in [4.78, 5) is 0. The summed E-state index contributed by atoms with van der Waals surface area (Å²) < 4.78 is 1.47. The average Bonchev–Trinajstić information content (AvgIpc) is 3.21. The summed E-state index contributed by atoms with van der Waals surface area (Å²) in [5.41, 5.74) is 2.50. The third-order valence-electron chi connectivity index (χ3n) is 13.3. The summed E-state index contributed by atoms with van der Waals surface area (Å²) in [5.74, 6) is 0. The van der Waals surface area contributed by atoms with Crippen molar-refractivity contribution >= 4 is 0 Å². The zero-order valence-electron chi connectivity index (χ0n) is 39.1. The Balaban J connectivity index is 2.44. The summed E-state index contributed by atoms with van der Waals surface area (Å²) in [6, 6.07) is 8.97. The van der Waals surface area contributed by atoms with Gasteiger partial charge >= 0.3 is 0 Å². The third-order valence-corrected chi connectivity index (χ3v) is 13.3. The lowest BCUT2D eigenvalue weighted by atomic mass is 10.0. The monoisotopic (exact) mass is 819 g/mol. The first-order valence-corrected chi connectivity index (χ1v) is 25.7. The van der Waals surface area contributed by atoms with E-state index >= 15 is 0 Å². The molecule has 6 nitrogen and oxygen atoms in total. The van der Waals surface area contributed by atoms with Crippen molar-refractivity contribution in [2.75, 3.05) is 65.7 Å². The molecule has 0 amide bonds. The van der Waals surface area contributed by atoms with Gasteiger partial charge in [-0.25, -0.2) is 0 Å². The normalized spacial score (nSPS) is 12.2. The minimum absolute atomic E-state index is 0.138. The van der Waals surface area contributed by atoms with E-state index in [1.54, 1.807) is 0 Å². The van der Waals surface area contributed by atoms with E-state index in [2.05, 4.69) is 38.1 Å². The van der Waals surface area contributed by atoms with Crippen molar-refractivity contribution in [3.63, 3.8) is 0 Å². The number of quaternary nitrogens is 2. The van der Waals surface area contributed by atoms with Gasteiger partial charge < -0.3 is 29.4 Å². The maximum atomic E-state index is 10.1. The Bertz CT molecular complexity index is 884. The molecule has 6 heteroatoms. The van der Waals surface area contributed by atoms with Crippen LogP contribution in [-0.4, -0.2) is 95.1 Å². The van der Waals surface area contributed by atoms with Gasteiger partial charge in [-0.1, -0.05) is 218 Å². The molecule has 0 fully saturated rings. The minimum atomic E-state index is 0.138. The molecule has 0 saturated carbocycles. The number of benzene rings is 1. The fraction of sp³-hybridized carbons (Fsp3) is 0.885. The van der Waals surface area contributed by atoms with E-state index in [1.165, 1.54) is 204 Å². The summed E-state index contributed by atoms with van der Waals surface area (Å²) >= 11 is 0. The van der Waals surface area contributed by atoms with Gasteiger partial charge in [0.15, 0.2) is 0 Å². The Morgan fingerprint density at radius 3 is 0.655 bits per heavy atom. The predicted octanol–water partition coefficient (Wildman–Crippen LogP) is 12.8. The van der Waals surface area contributed by atoms with Gasteiger partial charge in [-0.15, -0.1) is 0 Å². The molecule has 4 N–H and O–H groups in total. The average molecular weight is 819 g/mol. The lowest BCUT2D eigenvalue weighted by Crippen LogP contribution is -2.52. The molecule has 342 valence electrons. The smallest absolute Gasteiger partial charge is 0.104 e. The molecule has 0 spiro atoms. The van der Waals surface area contributed by atoms with Crippen LogP contribution >= 0.6 is 0 Å². The van der Waals surface area contributed by atoms with Crippen LogP contribution in [0.1, 0.15) is 230 Å². The van der Waals surface area contributed by atoms with E-state index in [9.17, 15) is 20.4 Å². The zero-order valence-corrected chi connectivity index (χ0v) is 39.1. The maximum absolute atomic E-state index is 10.1. The van der Waals surface area contributed by atoms with E-state index in [1.807, 2.05) is 0 Å². The second-order valence-electron chi connectivity index (χ2n) is 18.7. The van der Waals surface area contributed by atoms with Crippen molar-refractivity contribution in [3.8, 4) is 0 Å². The Kier molecular flexibility index (Phi) is 38.0. The second kappa shape index (κ2) is 40.1. The Morgan fingerprint density at radius 2 is 0.466 bits per heavy atom. The van der Waals surface area contributed by atoms with Gasteiger partial charge in [0.2, 0.25) is 0 Å². The lowest BCUT2D eigenvalue weighted by molar-refractivity contribution is -0.941. The van der Waals surface area contributed by atoms with Crippen molar-refractivity contribution in [2.45, 2.75) is 232 Å². The second-order valence-corrected chi connectivity index (χ2v) is 18.7. The van der Waals surface area contributed by atoms with Gasteiger partial charge in [-0.2, -0.15) is 0 Å². The molecule has 0 atom stereocenters. The Labute approximate surface area is 361 Å². The topological polar surface area (TPSA) is 80.9 Å². The van der Waals surface area contributed by atoms with E-state index in [0.29, 0.717) is 26.2 Å². The number of hydrogen-bond donors (Lipinski definition) is 4. The fourth-order valence-corrected chi connectivity index (χ4v) is 9.51. The molecule has 0 unspecified atom stereocenters. The highest BCUT2D eigenvalue weighted by Gasteiger charge is 2.28. The van der Waals surface area contributed by atoms with E-state index < -0.39 is 0 Å². The minimum Gasteiger partial charge on any atom is -0.391 e. The van der Waals surface area contributed by atoms with Crippen LogP contribution in [0.3, 0.4) is 0 Å². The van der Waals surface area contributed by atoms with Crippen molar-refractivity contribution in [3.05, 3.63) is 35.4 Å². The maximum Gasteiger partial charge on any atom is 0.104 e. The van der Waals surface area contributed by atoms with Crippen molar-refractivity contribution < 1.29 is 29.4 Å². The van der Waals surface area contributed by atoms with Crippen molar-refractivity contribution in [1.29, 1.82) is 0 Å². The third kappa shape index (κ3) is 30.1. The summed E-state index contributed by atoms with van der Waals surface area (Å²) in [5, 5.41) is 40.3. The molecule has 0 bridgehead atoms. The number of hydrogen-bond acceptors (Lipinski definition) is 4. The molecule has 0 aromatic heterocycles. The van der Waals surface area contributed by atoms with Crippen LogP contribution in [0, 0.1) is 0 Å². The molecule has 0 aliphatic rings. The first-order chi connectivity index (χ1) is 28.5. The number of unbranched alkanes of at least 4 members (excludes halogenated alkanes) is 30. The predicted molar refractivity (Wildman–Crippen MR) is 251 cm³/mol. The number of nitrogens with zero attached hydrogens (tertiary/aromatic N) is 2. The van der Waals surface area contributed by atoms with E-state index in [0.717, 1.165) is 48.0 Å². The van der Waals surface area contributed by atoms with Gasteiger partial charge in [0.25, 0.3) is 0 Å². The van der Waals surface area contributed by atoms with Gasteiger partial charge in [0.05, 0.1) is 39.5 Å². The number of aliphatic hydroxyl groups excluding tert-OH is 4. The quantitative estimate of drug-likeness (QED) is 0.0390. The van der Waals surface area contributed by atoms with Crippen LogP contribution < -0.4 is 0 Å². The van der Waals surface area contributed by atoms with Crippen LogP contribution in [0.25, 0.3) is 0 Å². The summed E-state index contributed by atoms with van der Waals surface area (Å²) in [7, 11) is 0. The molecular formula is C52H102N2O4+2. The van der Waals surface area contributed by atoms with Crippen LogP contribution in [0.15, 0.2) is 24.3 Å².